The molecule has 0 bridgehead atoms. The SMILES string of the molecule is C=C1/C=C\C=C/CN(c2ccccc2)c2ccc(-c3cc(-c4ccc5c(c4)c4ccccc4n5-c4ccccc4)cc(-c4c5ccccc5c(N(c5ccc(-c6ccccc6)cc5)c5ccc(-c6ccccc6)cc5)c5ccccc45)c3)cc21. The molecule has 0 spiro atoms. The summed E-state index contributed by atoms with van der Waals surface area (Å²) in [5.74, 6) is 0. The number of para-hydroxylation sites is 3. The second kappa shape index (κ2) is 21.5. The van der Waals surface area contributed by atoms with Crippen LogP contribution in [0.25, 0.3) is 110 Å². The number of allylic oxidation sites excluding steroid dienone is 4. The minimum absolute atomic E-state index is 0.725. The summed E-state index contributed by atoms with van der Waals surface area (Å²) in [4.78, 5) is 4.85. The average molecular weight is 1070 g/mol. The lowest BCUT2D eigenvalue weighted by Crippen LogP contribution is -2.18. The Balaban J connectivity index is 0.966. The molecule has 1 aromatic heterocycles. The van der Waals surface area contributed by atoms with Crippen LogP contribution in [-0.2, 0) is 0 Å². The van der Waals surface area contributed by atoms with E-state index in [0.717, 1.165) is 90.4 Å². The van der Waals surface area contributed by atoms with E-state index in [1.165, 1.54) is 60.4 Å². The van der Waals surface area contributed by atoms with Crippen molar-refractivity contribution in [3.63, 3.8) is 0 Å². The molecule has 0 N–H and O–H groups in total. The van der Waals surface area contributed by atoms with Crippen molar-refractivity contribution in [1.29, 1.82) is 0 Å². The Labute approximate surface area is 490 Å². The van der Waals surface area contributed by atoms with Crippen LogP contribution < -0.4 is 9.80 Å². The monoisotopic (exact) mass is 1070 g/mol. The second-order valence-corrected chi connectivity index (χ2v) is 21.7. The zero-order chi connectivity index (χ0) is 55.9. The Kier molecular flexibility index (Phi) is 12.8. The highest BCUT2D eigenvalue weighted by Gasteiger charge is 2.25. The number of aromatic nitrogens is 1. The number of rotatable bonds is 10. The summed E-state index contributed by atoms with van der Waals surface area (Å²) in [5.41, 5.74) is 22.6. The topological polar surface area (TPSA) is 11.4 Å². The van der Waals surface area contributed by atoms with Crippen molar-refractivity contribution < 1.29 is 0 Å². The van der Waals surface area contributed by atoms with Gasteiger partial charge in [0, 0.05) is 62.1 Å². The summed E-state index contributed by atoms with van der Waals surface area (Å²) < 4.78 is 2.39. The van der Waals surface area contributed by atoms with Gasteiger partial charge in [-0.15, -0.1) is 0 Å². The van der Waals surface area contributed by atoms with Gasteiger partial charge < -0.3 is 14.4 Å². The summed E-state index contributed by atoms with van der Waals surface area (Å²) in [7, 11) is 0. The Bertz CT molecular complexity index is 4700. The lowest BCUT2D eigenvalue weighted by atomic mass is 9.86. The predicted molar refractivity (Wildman–Crippen MR) is 358 cm³/mol. The zero-order valence-corrected chi connectivity index (χ0v) is 46.4. The molecule has 13 aromatic carbocycles. The van der Waals surface area contributed by atoms with E-state index in [2.05, 4.69) is 343 Å². The molecule has 1 aliphatic rings. The van der Waals surface area contributed by atoms with E-state index < -0.39 is 0 Å². The first-order chi connectivity index (χ1) is 41.6. The maximum Gasteiger partial charge on any atom is 0.0618 e. The highest BCUT2D eigenvalue weighted by Crippen LogP contribution is 2.50. The van der Waals surface area contributed by atoms with Crippen molar-refractivity contribution in [2.24, 2.45) is 0 Å². The van der Waals surface area contributed by atoms with Crippen LogP contribution in [0.2, 0.25) is 0 Å². The van der Waals surface area contributed by atoms with Gasteiger partial charge in [-0.3, -0.25) is 0 Å². The molecule has 0 saturated heterocycles. The quantitative estimate of drug-likeness (QED) is 0.126. The molecule has 0 unspecified atom stereocenters. The fourth-order valence-corrected chi connectivity index (χ4v) is 12.7. The summed E-state index contributed by atoms with van der Waals surface area (Å²) in [6.07, 6.45) is 8.58. The first-order valence-corrected chi connectivity index (χ1v) is 28.9. The maximum absolute atomic E-state index is 4.69. The zero-order valence-electron chi connectivity index (χ0n) is 46.4. The molecule has 396 valence electrons. The van der Waals surface area contributed by atoms with Gasteiger partial charge in [0.15, 0.2) is 0 Å². The van der Waals surface area contributed by atoms with Gasteiger partial charge in [-0.1, -0.05) is 231 Å². The third-order valence-corrected chi connectivity index (χ3v) is 16.7. The summed E-state index contributed by atoms with van der Waals surface area (Å²) in [5, 5.41) is 7.08. The molecule has 14 aromatic rings. The number of nitrogens with zero attached hydrogens (tertiary/aromatic N) is 3. The fraction of sp³-hybridized carbons (Fsp3) is 0.0123. The lowest BCUT2D eigenvalue weighted by molar-refractivity contribution is 1.09. The fourth-order valence-electron chi connectivity index (χ4n) is 12.7. The number of anilines is 5. The van der Waals surface area contributed by atoms with Crippen molar-refractivity contribution in [3.05, 3.63) is 334 Å². The van der Waals surface area contributed by atoms with Crippen LogP contribution in [0.5, 0.6) is 0 Å². The van der Waals surface area contributed by atoms with Crippen molar-refractivity contribution in [3.8, 4) is 61.3 Å². The minimum atomic E-state index is 0.725. The molecule has 2 heterocycles. The van der Waals surface area contributed by atoms with Crippen LogP contribution >= 0.6 is 0 Å². The van der Waals surface area contributed by atoms with Gasteiger partial charge in [0.25, 0.3) is 0 Å². The molecule has 1 aliphatic heterocycles. The molecule has 3 nitrogen and oxygen atoms in total. The highest BCUT2D eigenvalue weighted by molar-refractivity contribution is 6.23. The molecular weight excluding hydrogens is 1010 g/mol. The van der Waals surface area contributed by atoms with Crippen LogP contribution in [0.4, 0.5) is 28.4 Å². The molecule has 0 atom stereocenters. The Morgan fingerprint density at radius 3 is 1.37 bits per heavy atom. The number of benzene rings is 13. The lowest BCUT2D eigenvalue weighted by Gasteiger charge is -2.30. The second-order valence-electron chi connectivity index (χ2n) is 21.7. The van der Waals surface area contributed by atoms with E-state index in [1.54, 1.807) is 0 Å². The smallest absolute Gasteiger partial charge is 0.0618 e. The van der Waals surface area contributed by atoms with Gasteiger partial charge in [-0.2, -0.15) is 0 Å². The standard InChI is InChI=1S/C81H57N3/c1-56-23-7-6-22-50-82(66-28-12-4-13-29-66)77-48-42-61(54-75(56)77)63-51-64(62-43-49-79-76(55-62)70-32-20-21-37-78(70)84(79)67-30-14-5-15-31-67)53-65(52-63)80-71-33-16-18-35-73(71)81(74-36-19-17-34-72(74)80)83(68-44-38-59(39-45-68)57-24-8-2-9-25-57)69-46-40-60(41-47-69)58-26-10-3-11-27-58/h2-49,51-55H,1,50H2/b22-6-,23-7-. The third-order valence-electron chi connectivity index (χ3n) is 16.7. The van der Waals surface area contributed by atoms with Crippen LogP contribution in [0.3, 0.4) is 0 Å². The van der Waals surface area contributed by atoms with Crippen LogP contribution in [0.15, 0.2) is 328 Å². The maximum atomic E-state index is 4.69. The summed E-state index contributed by atoms with van der Waals surface area (Å²) in [6, 6.07) is 109. The molecule has 0 radical (unpaired) electrons. The van der Waals surface area contributed by atoms with E-state index in [0.29, 0.717) is 0 Å². The van der Waals surface area contributed by atoms with Gasteiger partial charge in [-0.25, -0.2) is 0 Å². The first-order valence-electron chi connectivity index (χ1n) is 28.9. The number of fused-ring (bicyclic) bond motifs is 6. The average Bonchev–Trinajstić information content (AvgIpc) is 3.00. The van der Waals surface area contributed by atoms with Crippen molar-refractivity contribution in [2.45, 2.75) is 0 Å². The van der Waals surface area contributed by atoms with Gasteiger partial charge in [0.1, 0.15) is 0 Å². The number of hydrogen-bond acceptors (Lipinski definition) is 2. The van der Waals surface area contributed by atoms with E-state index in [1.807, 2.05) is 0 Å². The predicted octanol–water partition coefficient (Wildman–Crippen LogP) is 22.2. The summed E-state index contributed by atoms with van der Waals surface area (Å²) in [6.45, 7) is 5.41. The van der Waals surface area contributed by atoms with Gasteiger partial charge in [0.2, 0.25) is 0 Å². The van der Waals surface area contributed by atoms with E-state index >= 15 is 0 Å². The first kappa shape index (κ1) is 50.0. The van der Waals surface area contributed by atoms with Gasteiger partial charge in [0.05, 0.1) is 16.7 Å². The van der Waals surface area contributed by atoms with E-state index in [-0.39, 0.29) is 0 Å². The Hall–Kier alpha value is -11.0. The normalized spacial score (nSPS) is 13.1. The Morgan fingerprint density at radius 2 is 0.774 bits per heavy atom. The molecule has 84 heavy (non-hydrogen) atoms. The van der Waals surface area contributed by atoms with Crippen molar-refractivity contribution in [1.82, 2.24) is 4.57 Å². The summed E-state index contributed by atoms with van der Waals surface area (Å²) >= 11 is 0. The van der Waals surface area contributed by atoms with E-state index in [9.17, 15) is 0 Å². The van der Waals surface area contributed by atoms with Crippen LogP contribution in [0.1, 0.15) is 5.56 Å². The minimum Gasteiger partial charge on any atom is -0.337 e. The van der Waals surface area contributed by atoms with Gasteiger partial charge in [-0.05, 0) is 169 Å². The van der Waals surface area contributed by atoms with Crippen molar-refractivity contribution in [2.75, 3.05) is 16.3 Å². The molecule has 0 fully saturated rings. The van der Waals surface area contributed by atoms with Gasteiger partial charge >= 0.3 is 0 Å². The molecule has 0 amide bonds. The van der Waals surface area contributed by atoms with Crippen LogP contribution in [-0.4, -0.2) is 11.1 Å². The number of hydrogen-bond donors (Lipinski definition) is 0. The third kappa shape index (κ3) is 9.06. The van der Waals surface area contributed by atoms with Crippen molar-refractivity contribution >= 4 is 77.4 Å². The highest BCUT2D eigenvalue weighted by atomic mass is 15.1. The van der Waals surface area contributed by atoms with Crippen LogP contribution in [0, 0.1) is 0 Å². The Morgan fingerprint density at radius 1 is 0.321 bits per heavy atom. The molecule has 0 saturated carbocycles. The molecule has 0 aliphatic carbocycles. The molecule has 15 rings (SSSR count). The largest absolute Gasteiger partial charge is 0.337 e. The molecule has 3 heteroatoms. The molecular formula is C81H57N3. The van der Waals surface area contributed by atoms with E-state index in [4.69, 9.17) is 0 Å².